The maximum atomic E-state index is 14.3. The first-order chi connectivity index (χ1) is 14.2. The largest absolute Gasteiger partial charge is 0.205 e. The Bertz CT molecular complexity index is 977. The number of rotatable bonds is 7. The Morgan fingerprint density at radius 3 is 2.62 bits per heavy atom. The van der Waals surface area contributed by atoms with E-state index in [9.17, 15) is 4.39 Å². The minimum atomic E-state index is -0.307. The fourth-order valence-corrected chi connectivity index (χ4v) is 5.27. The Hall–Kier alpha value is -1.86. The molecule has 152 valence electrons. The van der Waals surface area contributed by atoms with Crippen LogP contribution in [0.4, 0.5) is 4.39 Å². The Morgan fingerprint density at radius 2 is 1.79 bits per heavy atom. The molecule has 0 bridgehead atoms. The van der Waals surface area contributed by atoms with Gasteiger partial charge in [-0.2, -0.15) is 0 Å². The first kappa shape index (κ1) is 20.4. The molecule has 0 fully saturated rings. The van der Waals surface area contributed by atoms with E-state index in [-0.39, 0.29) is 16.8 Å². The predicted molar refractivity (Wildman–Crippen MR) is 122 cm³/mol. The standard InChI is InChI=1S/C27H30ClF/c1-2-3-4-5-6-10-20-13-15-23-22-11-8-7-9-19(22)12-16-24(23)27(20)21-14-17-25(28)26(29)18-21/h7-9,11-12,14,16-18,20,27H,2-6,10,13,15H2,1H3/t20-,27-/m1/s1. The van der Waals surface area contributed by atoms with Crippen molar-refractivity contribution in [2.75, 3.05) is 0 Å². The first-order valence-corrected chi connectivity index (χ1v) is 11.5. The van der Waals surface area contributed by atoms with Crippen molar-refractivity contribution in [2.24, 2.45) is 5.92 Å². The molecular formula is C27H30ClF. The van der Waals surface area contributed by atoms with Crippen LogP contribution in [0.1, 0.15) is 74.5 Å². The Kier molecular flexibility index (Phi) is 6.55. The van der Waals surface area contributed by atoms with Gasteiger partial charge in [-0.15, -0.1) is 0 Å². The molecule has 2 heteroatoms. The molecule has 0 amide bonds. The zero-order valence-electron chi connectivity index (χ0n) is 17.3. The quantitative estimate of drug-likeness (QED) is 0.343. The highest BCUT2D eigenvalue weighted by Gasteiger charge is 2.31. The van der Waals surface area contributed by atoms with Crippen molar-refractivity contribution in [1.82, 2.24) is 0 Å². The molecule has 0 saturated carbocycles. The summed E-state index contributed by atoms with van der Waals surface area (Å²) in [5.41, 5.74) is 3.91. The zero-order chi connectivity index (χ0) is 20.2. The van der Waals surface area contributed by atoms with Crippen molar-refractivity contribution in [3.63, 3.8) is 0 Å². The minimum Gasteiger partial charge on any atom is -0.205 e. The molecule has 29 heavy (non-hydrogen) atoms. The predicted octanol–water partition coefficient (Wildman–Crippen LogP) is 8.69. The SMILES string of the molecule is CCCCCCC[C@@H]1CCc2c(ccc3ccccc23)[C@H]1c1ccc(Cl)c(F)c1. The molecule has 0 spiro atoms. The Morgan fingerprint density at radius 1 is 0.966 bits per heavy atom. The topological polar surface area (TPSA) is 0 Å². The normalized spacial score (nSPS) is 18.7. The van der Waals surface area contributed by atoms with E-state index in [0.717, 1.165) is 12.0 Å². The molecule has 0 radical (unpaired) electrons. The zero-order valence-corrected chi connectivity index (χ0v) is 18.0. The third-order valence-corrected chi connectivity index (χ3v) is 6.94. The van der Waals surface area contributed by atoms with Gasteiger partial charge < -0.3 is 0 Å². The number of benzene rings is 3. The highest BCUT2D eigenvalue weighted by atomic mass is 35.5. The third kappa shape index (κ3) is 4.36. The van der Waals surface area contributed by atoms with Gasteiger partial charge in [-0.25, -0.2) is 4.39 Å². The summed E-state index contributed by atoms with van der Waals surface area (Å²) in [6.45, 7) is 2.26. The van der Waals surface area contributed by atoms with E-state index in [4.69, 9.17) is 11.6 Å². The molecule has 3 aromatic carbocycles. The van der Waals surface area contributed by atoms with Gasteiger partial charge in [0.2, 0.25) is 0 Å². The van der Waals surface area contributed by atoms with Crippen molar-refractivity contribution in [2.45, 2.75) is 64.2 Å². The van der Waals surface area contributed by atoms with Crippen molar-refractivity contribution < 1.29 is 4.39 Å². The molecule has 0 heterocycles. The number of hydrogen-bond acceptors (Lipinski definition) is 0. The maximum absolute atomic E-state index is 14.3. The number of halogens is 2. The van der Waals surface area contributed by atoms with Crippen molar-refractivity contribution in [3.8, 4) is 0 Å². The highest BCUT2D eigenvalue weighted by Crippen LogP contribution is 2.45. The van der Waals surface area contributed by atoms with Gasteiger partial charge in [0, 0.05) is 5.92 Å². The van der Waals surface area contributed by atoms with Gasteiger partial charge in [0.25, 0.3) is 0 Å². The van der Waals surface area contributed by atoms with Crippen LogP contribution in [-0.4, -0.2) is 0 Å². The second-order valence-electron chi connectivity index (χ2n) is 8.51. The molecular weight excluding hydrogens is 379 g/mol. The van der Waals surface area contributed by atoms with Crippen LogP contribution >= 0.6 is 11.6 Å². The number of hydrogen-bond donors (Lipinski definition) is 0. The molecule has 0 aromatic heterocycles. The molecule has 0 N–H and O–H groups in total. The lowest BCUT2D eigenvalue weighted by Gasteiger charge is -2.35. The molecule has 0 aliphatic heterocycles. The van der Waals surface area contributed by atoms with E-state index in [1.807, 2.05) is 6.07 Å². The molecule has 1 aliphatic rings. The van der Waals surface area contributed by atoms with Crippen molar-refractivity contribution >= 4 is 22.4 Å². The molecule has 2 atom stereocenters. The smallest absolute Gasteiger partial charge is 0.142 e. The maximum Gasteiger partial charge on any atom is 0.142 e. The van der Waals surface area contributed by atoms with Gasteiger partial charge in [0.1, 0.15) is 5.82 Å². The van der Waals surface area contributed by atoms with Crippen LogP contribution < -0.4 is 0 Å². The summed E-state index contributed by atoms with van der Waals surface area (Å²) in [4.78, 5) is 0. The summed E-state index contributed by atoms with van der Waals surface area (Å²) in [6.07, 6.45) is 9.99. The second kappa shape index (κ2) is 9.30. The monoisotopic (exact) mass is 408 g/mol. The van der Waals surface area contributed by atoms with Crippen LogP contribution in [0.15, 0.2) is 54.6 Å². The summed E-state index contributed by atoms with van der Waals surface area (Å²) >= 11 is 5.99. The van der Waals surface area contributed by atoms with Crippen molar-refractivity contribution in [3.05, 3.63) is 82.1 Å². The van der Waals surface area contributed by atoms with Gasteiger partial charge in [0.15, 0.2) is 0 Å². The van der Waals surface area contributed by atoms with Gasteiger partial charge in [-0.05, 0) is 64.8 Å². The number of aryl methyl sites for hydroxylation is 1. The van der Waals surface area contributed by atoms with Gasteiger partial charge in [-0.3, -0.25) is 0 Å². The van der Waals surface area contributed by atoms with E-state index in [0.29, 0.717) is 5.92 Å². The van der Waals surface area contributed by atoms with E-state index in [2.05, 4.69) is 43.3 Å². The molecule has 4 rings (SSSR count). The van der Waals surface area contributed by atoms with Gasteiger partial charge in [0.05, 0.1) is 5.02 Å². The average Bonchev–Trinajstić information content (AvgIpc) is 2.75. The summed E-state index contributed by atoms with van der Waals surface area (Å²) in [5, 5.41) is 2.86. The Labute approximate surface area is 179 Å². The lowest BCUT2D eigenvalue weighted by atomic mass is 9.69. The van der Waals surface area contributed by atoms with Crippen LogP contribution in [0.2, 0.25) is 5.02 Å². The van der Waals surface area contributed by atoms with Crippen LogP contribution in [0.3, 0.4) is 0 Å². The van der Waals surface area contributed by atoms with E-state index < -0.39 is 0 Å². The van der Waals surface area contributed by atoms with Crippen LogP contribution in [0.25, 0.3) is 10.8 Å². The average molecular weight is 409 g/mol. The van der Waals surface area contributed by atoms with Crippen LogP contribution in [-0.2, 0) is 6.42 Å². The molecule has 0 saturated heterocycles. The first-order valence-electron chi connectivity index (χ1n) is 11.1. The van der Waals surface area contributed by atoms with Crippen LogP contribution in [0.5, 0.6) is 0 Å². The minimum absolute atomic E-state index is 0.208. The summed E-state index contributed by atoms with van der Waals surface area (Å²) in [5.74, 6) is 0.505. The van der Waals surface area contributed by atoms with Crippen molar-refractivity contribution in [1.29, 1.82) is 0 Å². The molecule has 0 nitrogen and oxygen atoms in total. The third-order valence-electron chi connectivity index (χ3n) is 6.63. The fraction of sp³-hybridized carbons (Fsp3) is 0.407. The van der Waals surface area contributed by atoms with Gasteiger partial charge in [-0.1, -0.05) is 93.1 Å². The molecule has 0 unspecified atom stereocenters. The van der Waals surface area contributed by atoms with E-state index >= 15 is 0 Å². The number of unbranched alkanes of at least 4 members (excludes halogenated alkanes) is 4. The van der Waals surface area contributed by atoms with Gasteiger partial charge >= 0.3 is 0 Å². The van der Waals surface area contributed by atoms with E-state index in [1.165, 1.54) is 66.8 Å². The second-order valence-corrected chi connectivity index (χ2v) is 8.91. The lowest BCUT2D eigenvalue weighted by molar-refractivity contribution is 0.366. The summed E-state index contributed by atoms with van der Waals surface area (Å²) in [7, 11) is 0. The lowest BCUT2D eigenvalue weighted by Crippen LogP contribution is -2.22. The fourth-order valence-electron chi connectivity index (χ4n) is 5.15. The highest BCUT2D eigenvalue weighted by molar-refractivity contribution is 6.30. The van der Waals surface area contributed by atoms with E-state index in [1.54, 1.807) is 12.1 Å². The molecule has 1 aliphatic carbocycles. The van der Waals surface area contributed by atoms with Crippen LogP contribution in [0, 0.1) is 11.7 Å². The molecule has 3 aromatic rings. The summed E-state index contributed by atoms with van der Waals surface area (Å²) < 4.78 is 14.3. The number of fused-ring (bicyclic) bond motifs is 3. The Balaban J connectivity index is 1.70. The summed E-state index contributed by atoms with van der Waals surface area (Å²) in [6, 6.07) is 18.6.